The van der Waals surface area contributed by atoms with E-state index in [-0.39, 0.29) is 19.0 Å². The summed E-state index contributed by atoms with van der Waals surface area (Å²) in [4.78, 5) is 24.4. The molecule has 0 saturated heterocycles. The van der Waals surface area contributed by atoms with Crippen molar-refractivity contribution in [3.8, 4) is 28.4 Å². The van der Waals surface area contributed by atoms with Crippen LogP contribution in [0.15, 0.2) is 102 Å². The summed E-state index contributed by atoms with van der Waals surface area (Å²) in [6.45, 7) is 8.12. The van der Waals surface area contributed by atoms with Crippen LogP contribution >= 0.6 is 0 Å². The van der Waals surface area contributed by atoms with Crippen LogP contribution in [0.2, 0.25) is 0 Å². The molecule has 0 spiro atoms. The number of ether oxygens (including phenoxy) is 4. The average Bonchev–Trinajstić information content (AvgIpc) is 3.43. The maximum atomic E-state index is 12.2. The molecular formula is C37H37NO7. The number of para-hydroxylation sites is 2. The molecule has 0 atom stereocenters. The molecule has 45 heavy (non-hydrogen) atoms. The van der Waals surface area contributed by atoms with Crippen LogP contribution in [-0.2, 0) is 33.8 Å². The molecule has 8 heteroatoms. The van der Waals surface area contributed by atoms with Gasteiger partial charge in [0.25, 0.3) is 0 Å². The van der Waals surface area contributed by atoms with Crippen molar-refractivity contribution in [2.24, 2.45) is 0 Å². The Hall–Kier alpha value is -5.24. The van der Waals surface area contributed by atoms with Crippen LogP contribution < -0.4 is 14.8 Å². The minimum atomic E-state index is -0.578. The Labute approximate surface area is 262 Å². The molecule has 8 nitrogen and oxygen atoms in total. The molecule has 0 aliphatic carbocycles. The van der Waals surface area contributed by atoms with Crippen LogP contribution in [0.25, 0.3) is 22.1 Å². The highest BCUT2D eigenvalue weighted by molar-refractivity contribution is 5.91. The molecule has 0 bridgehead atoms. The number of hydrogen-bond donors (Lipinski definition) is 1. The minimum Gasteiger partial charge on any atom is -0.488 e. The molecule has 0 radical (unpaired) electrons. The molecule has 0 aliphatic heterocycles. The number of amides is 1. The van der Waals surface area contributed by atoms with E-state index in [0.717, 1.165) is 33.2 Å². The normalized spacial score (nSPS) is 11.2. The number of nitrogens with one attached hydrogen (secondary N) is 1. The number of furan rings is 1. The second kappa shape index (κ2) is 14.0. The summed E-state index contributed by atoms with van der Waals surface area (Å²) in [7, 11) is 0. The molecule has 0 fully saturated rings. The Kier molecular flexibility index (Phi) is 9.73. The van der Waals surface area contributed by atoms with Gasteiger partial charge in [0.1, 0.15) is 23.7 Å². The highest BCUT2D eigenvalue weighted by Crippen LogP contribution is 2.38. The van der Waals surface area contributed by atoms with Crippen LogP contribution in [0.5, 0.6) is 17.2 Å². The largest absolute Gasteiger partial charge is 0.488 e. The summed E-state index contributed by atoms with van der Waals surface area (Å²) < 4.78 is 29.1. The highest BCUT2D eigenvalue weighted by atomic mass is 16.6. The molecule has 4 aromatic carbocycles. The third-order valence-electron chi connectivity index (χ3n) is 6.78. The molecule has 232 valence electrons. The van der Waals surface area contributed by atoms with Gasteiger partial charge in [0.15, 0.2) is 11.3 Å². The van der Waals surface area contributed by atoms with Gasteiger partial charge in [0.2, 0.25) is 0 Å². The van der Waals surface area contributed by atoms with E-state index in [2.05, 4.69) is 5.32 Å². The number of benzene rings is 4. The lowest BCUT2D eigenvalue weighted by molar-refractivity contribution is -0.142. The van der Waals surface area contributed by atoms with E-state index in [9.17, 15) is 9.59 Å². The van der Waals surface area contributed by atoms with Crippen molar-refractivity contribution in [3.63, 3.8) is 0 Å². The molecule has 5 rings (SSSR count). The number of rotatable bonds is 11. The number of hydrogen-bond acceptors (Lipinski definition) is 7. The Morgan fingerprint density at radius 1 is 0.822 bits per heavy atom. The SMILES string of the molecule is CCOC(=O)Cc1ccccc1OCc1coc2c(Oc3ccccc3)cc(-c3cccc(CNC(=O)OC(C)(C)C)c3)cc12. The van der Waals surface area contributed by atoms with Gasteiger partial charge >= 0.3 is 12.1 Å². The highest BCUT2D eigenvalue weighted by Gasteiger charge is 2.18. The van der Waals surface area contributed by atoms with E-state index in [0.29, 0.717) is 36.0 Å². The molecule has 0 saturated carbocycles. The van der Waals surface area contributed by atoms with E-state index >= 15 is 0 Å². The molecule has 0 aliphatic rings. The maximum absolute atomic E-state index is 12.2. The lowest BCUT2D eigenvalue weighted by Crippen LogP contribution is -2.32. The number of esters is 1. The molecule has 1 heterocycles. The fourth-order valence-corrected chi connectivity index (χ4v) is 4.79. The van der Waals surface area contributed by atoms with Crippen molar-refractivity contribution < 1.29 is 33.0 Å². The first-order valence-electron chi connectivity index (χ1n) is 14.9. The zero-order valence-corrected chi connectivity index (χ0v) is 25.9. The van der Waals surface area contributed by atoms with Gasteiger partial charge < -0.3 is 28.7 Å². The molecular weight excluding hydrogens is 570 g/mol. The van der Waals surface area contributed by atoms with Gasteiger partial charge in [0.05, 0.1) is 19.3 Å². The van der Waals surface area contributed by atoms with E-state index < -0.39 is 11.7 Å². The van der Waals surface area contributed by atoms with Crippen LogP contribution in [0.4, 0.5) is 4.79 Å². The number of carbonyl (C=O) groups excluding carboxylic acids is 2. The Balaban J connectivity index is 1.45. The van der Waals surface area contributed by atoms with Crippen molar-refractivity contribution >= 4 is 23.0 Å². The third kappa shape index (κ3) is 8.44. The topological polar surface area (TPSA) is 96.2 Å². The van der Waals surface area contributed by atoms with Gasteiger partial charge in [-0.05, 0) is 80.8 Å². The molecule has 1 amide bonds. The molecule has 5 aromatic rings. The first-order chi connectivity index (χ1) is 21.7. The lowest BCUT2D eigenvalue weighted by atomic mass is 10.00. The van der Waals surface area contributed by atoms with Gasteiger partial charge in [-0.1, -0.05) is 54.6 Å². The summed E-state index contributed by atoms with van der Waals surface area (Å²) in [5.74, 6) is 1.52. The van der Waals surface area contributed by atoms with Crippen molar-refractivity contribution in [1.29, 1.82) is 0 Å². The summed E-state index contributed by atoms with van der Waals surface area (Å²) in [6.07, 6.45) is 1.32. The molecule has 0 unspecified atom stereocenters. The number of alkyl carbamates (subject to hydrolysis) is 1. The zero-order valence-electron chi connectivity index (χ0n) is 25.9. The lowest BCUT2D eigenvalue weighted by Gasteiger charge is -2.19. The van der Waals surface area contributed by atoms with Gasteiger partial charge in [-0.15, -0.1) is 0 Å². The van der Waals surface area contributed by atoms with Gasteiger partial charge in [0, 0.05) is 23.1 Å². The molecule has 1 aromatic heterocycles. The number of carbonyl (C=O) groups is 2. The van der Waals surface area contributed by atoms with Gasteiger partial charge in [-0.3, -0.25) is 4.79 Å². The quantitative estimate of drug-likeness (QED) is 0.150. The maximum Gasteiger partial charge on any atom is 0.407 e. The van der Waals surface area contributed by atoms with Crippen molar-refractivity contribution in [2.75, 3.05) is 6.61 Å². The van der Waals surface area contributed by atoms with Crippen molar-refractivity contribution in [3.05, 3.63) is 114 Å². The van der Waals surface area contributed by atoms with E-state index in [1.165, 1.54) is 0 Å². The van der Waals surface area contributed by atoms with Crippen LogP contribution in [0, 0.1) is 0 Å². The molecule has 1 N–H and O–H groups in total. The van der Waals surface area contributed by atoms with E-state index in [1.807, 2.05) is 112 Å². The first-order valence-corrected chi connectivity index (χ1v) is 14.9. The summed E-state index contributed by atoms with van der Waals surface area (Å²) in [5.41, 5.74) is 4.32. The predicted octanol–water partition coefficient (Wildman–Crippen LogP) is 8.60. The third-order valence-corrected chi connectivity index (χ3v) is 6.78. The summed E-state index contributed by atoms with van der Waals surface area (Å²) in [6, 6.07) is 28.8. The second-order valence-corrected chi connectivity index (χ2v) is 11.5. The standard InChI is InChI=1S/C37H37NO7/c1-5-41-34(39)21-27-13-9-10-17-32(27)42-23-29-24-43-35-31(29)19-28(20-33(35)44-30-15-7-6-8-16-30)26-14-11-12-25(18-26)22-38-36(40)45-37(2,3)4/h6-20,24H,5,21-23H2,1-4H3,(H,38,40). The Morgan fingerprint density at radius 3 is 2.38 bits per heavy atom. The van der Waals surface area contributed by atoms with Gasteiger partial charge in [-0.25, -0.2) is 4.79 Å². The summed E-state index contributed by atoms with van der Waals surface area (Å²) >= 11 is 0. The van der Waals surface area contributed by atoms with Crippen molar-refractivity contribution in [1.82, 2.24) is 5.32 Å². The Morgan fingerprint density at radius 2 is 1.60 bits per heavy atom. The predicted molar refractivity (Wildman–Crippen MR) is 172 cm³/mol. The van der Waals surface area contributed by atoms with Crippen LogP contribution in [0.1, 0.15) is 44.4 Å². The second-order valence-electron chi connectivity index (χ2n) is 11.5. The van der Waals surface area contributed by atoms with Gasteiger partial charge in [-0.2, -0.15) is 0 Å². The van der Waals surface area contributed by atoms with Crippen molar-refractivity contribution in [2.45, 2.75) is 52.9 Å². The fourth-order valence-electron chi connectivity index (χ4n) is 4.79. The monoisotopic (exact) mass is 607 g/mol. The first kappa shape index (κ1) is 31.2. The van der Waals surface area contributed by atoms with E-state index in [1.54, 1.807) is 13.2 Å². The Bertz CT molecular complexity index is 1770. The smallest absolute Gasteiger partial charge is 0.407 e. The fraction of sp³-hybridized carbons (Fsp3) is 0.243. The van der Waals surface area contributed by atoms with Crippen LogP contribution in [0.3, 0.4) is 0 Å². The zero-order chi connectivity index (χ0) is 31.8. The van der Waals surface area contributed by atoms with Crippen LogP contribution in [-0.4, -0.2) is 24.3 Å². The number of fused-ring (bicyclic) bond motifs is 1. The average molecular weight is 608 g/mol. The van der Waals surface area contributed by atoms with E-state index in [4.69, 9.17) is 23.4 Å². The summed E-state index contributed by atoms with van der Waals surface area (Å²) in [5, 5.41) is 3.65. The minimum absolute atomic E-state index is 0.120.